The Balaban J connectivity index is 1.37. The zero-order chi connectivity index (χ0) is 30.3. The number of benzene rings is 4. The zero-order valence-corrected chi connectivity index (χ0v) is 24.4. The summed E-state index contributed by atoms with van der Waals surface area (Å²) in [6.07, 6.45) is 1.46. The third-order valence-corrected chi connectivity index (χ3v) is 6.86. The number of amides is 1. The number of rotatable bonds is 10. The van der Waals surface area contributed by atoms with E-state index in [1.807, 2.05) is 43.3 Å². The fraction of sp³-hybridized carbons (Fsp3) is 0.121. The van der Waals surface area contributed by atoms with Crippen LogP contribution in [0.4, 0.5) is 0 Å². The lowest BCUT2D eigenvalue weighted by Crippen LogP contribution is -2.19. The van der Waals surface area contributed by atoms with Gasteiger partial charge in [0.15, 0.2) is 11.5 Å². The molecule has 0 fully saturated rings. The predicted octanol–water partition coefficient (Wildman–Crippen LogP) is 6.89. The number of aromatic amines is 1. The van der Waals surface area contributed by atoms with E-state index >= 15 is 0 Å². The van der Waals surface area contributed by atoms with Gasteiger partial charge in [-0.3, -0.25) is 4.79 Å². The molecule has 0 aliphatic rings. The van der Waals surface area contributed by atoms with Crippen LogP contribution in [0.15, 0.2) is 90.0 Å². The summed E-state index contributed by atoms with van der Waals surface area (Å²) in [6.45, 7) is 2.42. The van der Waals surface area contributed by atoms with E-state index in [1.165, 1.54) is 20.4 Å². The van der Waals surface area contributed by atoms with Crippen molar-refractivity contribution in [1.82, 2.24) is 10.4 Å². The third-order valence-electron chi connectivity index (χ3n) is 6.53. The van der Waals surface area contributed by atoms with Crippen LogP contribution in [0.5, 0.6) is 23.0 Å². The number of methoxy groups -OCH3 is 2. The maximum absolute atomic E-state index is 13.4. The molecule has 5 aromatic rings. The summed E-state index contributed by atoms with van der Waals surface area (Å²) < 4.78 is 21.8. The normalized spacial score (nSPS) is 11.0. The number of hydrazone groups is 1. The molecular formula is C33H28ClN3O6. The molecule has 0 saturated heterocycles. The molecule has 5 rings (SSSR count). The number of hydrogen-bond donors (Lipinski definition) is 2. The van der Waals surface area contributed by atoms with Gasteiger partial charge in [-0.2, -0.15) is 5.10 Å². The van der Waals surface area contributed by atoms with Crippen molar-refractivity contribution < 1.29 is 28.5 Å². The molecule has 4 aromatic carbocycles. The highest BCUT2D eigenvalue weighted by atomic mass is 35.5. The summed E-state index contributed by atoms with van der Waals surface area (Å²) >= 11 is 6.54. The van der Waals surface area contributed by atoms with Crippen molar-refractivity contribution in [2.24, 2.45) is 5.10 Å². The summed E-state index contributed by atoms with van der Waals surface area (Å²) in [5, 5.41) is 5.44. The van der Waals surface area contributed by atoms with E-state index in [9.17, 15) is 9.59 Å². The van der Waals surface area contributed by atoms with Gasteiger partial charge < -0.3 is 23.9 Å². The predicted molar refractivity (Wildman–Crippen MR) is 166 cm³/mol. The minimum Gasteiger partial charge on any atom is -0.497 e. The summed E-state index contributed by atoms with van der Waals surface area (Å²) in [5.41, 5.74) is 5.89. The van der Waals surface area contributed by atoms with Gasteiger partial charge in [-0.05, 0) is 73.2 Å². The van der Waals surface area contributed by atoms with Gasteiger partial charge in [-0.15, -0.1) is 0 Å². The van der Waals surface area contributed by atoms with Crippen LogP contribution >= 0.6 is 11.6 Å². The number of hydrogen-bond acceptors (Lipinski definition) is 7. The van der Waals surface area contributed by atoms with E-state index in [0.717, 1.165) is 10.9 Å². The standard InChI is InChI=1S/C33H28ClN3O6/c1-4-42-23-13-14-27-25(18-23)30(24-10-5-6-11-26(24)34)31(36-27)32(38)37-35-19-20-12-15-28(29(16-20)41-3)43-33(39)21-8-7-9-22(17-21)40-2/h5-19,36H,4H2,1-3H3,(H,37,38). The average Bonchev–Trinajstić information content (AvgIpc) is 3.40. The molecule has 1 amide bonds. The van der Waals surface area contributed by atoms with Crippen LogP contribution in [0.25, 0.3) is 22.0 Å². The first-order valence-corrected chi connectivity index (χ1v) is 13.7. The SMILES string of the molecule is CCOc1ccc2[nH]c(C(=O)NN=Cc3ccc(OC(=O)c4cccc(OC)c4)c(OC)c3)c(-c3ccccc3Cl)c2c1. The van der Waals surface area contributed by atoms with E-state index in [2.05, 4.69) is 15.5 Å². The van der Waals surface area contributed by atoms with Crippen molar-refractivity contribution in [1.29, 1.82) is 0 Å². The number of esters is 1. The van der Waals surface area contributed by atoms with Gasteiger partial charge in [0.1, 0.15) is 17.2 Å². The molecule has 0 unspecified atom stereocenters. The molecule has 0 atom stereocenters. The van der Waals surface area contributed by atoms with Crippen LogP contribution < -0.4 is 24.4 Å². The lowest BCUT2D eigenvalue weighted by Gasteiger charge is -2.10. The van der Waals surface area contributed by atoms with Crippen LogP contribution in [0, 0.1) is 0 Å². The lowest BCUT2D eigenvalue weighted by molar-refractivity contribution is 0.0729. The number of carbonyl (C=O) groups is 2. The highest BCUT2D eigenvalue weighted by molar-refractivity contribution is 6.34. The number of H-pyrrole nitrogens is 1. The van der Waals surface area contributed by atoms with Crippen molar-refractivity contribution in [2.75, 3.05) is 20.8 Å². The Morgan fingerprint density at radius 3 is 2.51 bits per heavy atom. The second kappa shape index (κ2) is 13.1. The van der Waals surface area contributed by atoms with Gasteiger partial charge in [0, 0.05) is 27.1 Å². The third kappa shape index (κ3) is 6.47. The fourth-order valence-electron chi connectivity index (χ4n) is 4.52. The first-order chi connectivity index (χ1) is 20.9. The monoisotopic (exact) mass is 597 g/mol. The van der Waals surface area contributed by atoms with Gasteiger partial charge in [-0.25, -0.2) is 10.2 Å². The molecule has 218 valence electrons. The molecule has 9 nitrogen and oxygen atoms in total. The van der Waals surface area contributed by atoms with E-state index in [1.54, 1.807) is 48.5 Å². The fourth-order valence-corrected chi connectivity index (χ4v) is 4.75. The number of aromatic nitrogens is 1. The van der Waals surface area contributed by atoms with Gasteiger partial charge >= 0.3 is 5.97 Å². The molecule has 0 saturated carbocycles. The molecule has 0 aliphatic carbocycles. The number of ether oxygens (including phenoxy) is 4. The highest BCUT2D eigenvalue weighted by Gasteiger charge is 2.21. The number of nitrogens with one attached hydrogen (secondary N) is 2. The molecule has 0 spiro atoms. The maximum Gasteiger partial charge on any atom is 0.343 e. The van der Waals surface area contributed by atoms with E-state index in [0.29, 0.717) is 56.8 Å². The number of halogens is 1. The zero-order valence-electron chi connectivity index (χ0n) is 23.6. The smallest absolute Gasteiger partial charge is 0.343 e. The van der Waals surface area contributed by atoms with Gasteiger partial charge in [0.25, 0.3) is 5.91 Å². The average molecular weight is 598 g/mol. The van der Waals surface area contributed by atoms with Crippen LogP contribution in [-0.2, 0) is 0 Å². The number of nitrogens with zero attached hydrogens (tertiary/aromatic N) is 1. The lowest BCUT2D eigenvalue weighted by atomic mass is 10.0. The Bertz CT molecular complexity index is 1830. The van der Waals surface area contributed by atoms with Gasteiger partial charge in [0.2, 0.25) is 0 Å². The van der Waals surface area contributed by atoms with Crippen molar-refractivity contribution in [2.45, 2.75) is 6.92 Å². The molecule has 2 N–H and O–H groups in total. The van der Waals surface area contributed by atoms with Crippen molar-refractivity contribution >= 4 is 40.6 Å². The summed E-state index contributed by atoms with van der Waals surface area (Å²) in [7, 11) is 2.98. The molecule has 0 bridgehead atoms. The van der Waals surface area contributed by atoms with Crippen LogP contribution in [0.3, 0.4) is 0 Å². The minimum absolute atomic E-state index is 0.227. The maximum atomic E-state index is 13.4. The number of fused-ring (bicyclic) bond motifs is 1. The molecular weight excluding hydrogens is 570 g/mol. The summed E-state index contributed by atoms with van der Waals surface area (Å²) in [5.74, 6) is 0.734. The van der Waals surface area contributed by atoms with Crippen LogP contribution in [0.1, 0.15) is 33.3 Å². The van der Waals surface area contributed by atoms with Crippen molar-refractivity contribution in [3.05, 3.63) is 107 Å². The van der Waals surface area contributed by atoms with Crippen LogP contribution in [-0.4, -0.2) is 43.9 Å². The second-order valence-electron chi connectivity index (χ2n) is 9.23. The first kappa shape index (κ1) is 29.2. The molecule has 0 aliphatic heterocycles. The van der Waals surface area contributed by atoms with Gasteiger partial charge in [0.05, 0.1) is 32.6 Å². The molecule has 0 radical (unpaired) electrons. The van der Waals surface area contributed by atoms with E-state index < -0.39 is 11.9 Å². The largest absolute Gasteiger partial charge is 0.497 e. The van der Waals surface area contributed by atoms with E-state index in [4.69, 9.17) is 30.5 Å². The summed E-state index contributed by atoms with van der Waals surface area (Å²) in [6, 6.07) is 24.4. The molecule has 1 heterocycles. The number of carbonyl (C=O) groups excluding carboxylic acids is 2. The summed E-state index contributed by atoms with van der Waals surface area (Å²) in [4.78, 5) is 29.2. The molecule has 43 heavy (non-hydrogen) atoms. The topological polar surface area (TPSA) is 111 Å². The van der Waals surface area contributed by atoms with Gasteiger partial charge in [-0.1, -0.05) is 35.9 Å². The quantitative estimate of drug-likeness (QED) is 0.0785. The Morgan fingerprint density at radius 1 is 0.907 bits per heavy atom. The molecule has 1 aromatic heterocycles. The first-order valence-electron chi connectivity index (χ1n) is 13.3. The Kier molecular flexibility index (Phi) is 8.93. The molecule has 10 heteroatoms. The second-order valence-corrected chi connectivity index (χ2v) is 9.63. The van der Waals surface area contributed by atoms with Crippen LogP contribution in [0.2, 0.25) is 5.02 Å². The Labute approximate surface area is 253 Å². The highest BCUT2D eigenvalue weighted by Crippen LogP contribution is 2.38. The van der Waals surface area contributed by atoms with Crippen molar-refractivity contribution in [3.63, 3.8) is 0 Å². The van der Waals surface area contributed by atoms with E-state index in [-0.39, 0.29) is 5.75 Å². The van der Waals surface area contributed by atoms with Crippen molar-refractivity contribution in [3.8, 4) is 34.1 Å². The Morgan fingerprint density at radius 2 is 1.74 bits per heavy atom. The Hall–Kier alpha value is -5.28. The minimum atomic E-state index is -0.563.